The van der Waals surface area contributed by atoms with Gasteiger partial charge in [0.15, 0.2) is 12.6 Å². The Morgan fingerprint density at radius 3 is 2.00 bits per heavy atom. The summed E-state index contributed by atoms with van der Waals surface area (Å²) in [5.41, 5.74) is 0. The molecule has 0 amide bonds. The maximum Gasteiger partial charge on any atom is 0.306 e. The fraction of sp³-hybridized carbons (Fsp3) is 0.875. The predicted octanol–water partition coefficient (Wildman–Crippen LogP) is -1.13. The molecule has 0 rings (SSSR count). The third-order valence-corrected chi connectivity index (χ3v) is 3.35. The molecule has 0 aromatic heterocycles. The minimum Gasteiger partial charge on any atom is -0.481 e. The molecule has 0 aliphatic rings. The Bertz CT molecular complexity index is 396. The second-order valence-corrected chi connectivity index (χ2v) is 5.48. The van der Waals surface area contributed by atoms with Crippen molar-refractivity contribution >= 4 is 11.9 Å². The molecular formula is C16H30O11. The molecule has 4 unspecified atom stereocenters. The van der Waals surface area contributed by atoms with Crippen LogP contribution in [0, 0.1) is 0 Å². The molecule has 4 N–H and O–H groups in total. The van der Waals surface area contributed by atoms with E-state index in [-0.39, 0.29) is 32.7 Å². The van der Waals surface area contributed by atoms with E-state index in [2.05, 4.69) is 0 Å². The first-order chi connectivity index (χ1) is 12.9. The molecule has 0 aromatic rings. The first kappa shape index (κ1) is 25.7. The quantitative estimate of drug-likeness (QED) is 0.173. The van der Waals surface area contributed by atoms with Crippen LogP contribution >= 0.6 is 0 Å². The van der Waals surface area contributed by atoms with E-state index in [9.17, 15) is 14.7 Å². The van der Waals surface area contributed by atoms with Crippen LogP contribution in [0.5, 0.6) is 0 Å². The number of hydrogen-bond acceptors (Lipinski definition) is 10. The fourth-order valence-corrected chi connectivity index (χ4v) is 1.81. The van der Waals surface area contributed by atoms with E-state index in [0.717, 1.165) is 0 Å². The number of rotatable bonds is 17. The highest BCUT2D eigenvalue weighted by atomic mass is 16.7. The molecule has 0 saturated carbocycles. The molecule has 0 aromatic carbocycles. The summed E-state index contributed by atoms with van der Waals surface area (Å²) in [6.07, 6.45) is -3.57. The molecule has 0 fully saturated rings. The number of carboxylic acids is 1. The minimum absolute atomic E-state index is 0.181. The molecule has 0 aliphatic carbocycles. The van der Waals surface area contributed by atoms with Gasteiger partial charge in [0.1, 0.15) is 12.7 Å². The molecule has 0 bridgehead atoms. The average Bonchev–Trinajstić information content (AvgIpc) is 2.67. The molecule has 160 valence electrons. The number of hydrogen-bond donors (Lipinski definition) is 4. The van der Waals surface area contributed by atoms with Gasteiger partial charge in [0.2, 0.25) is 0 Å². The van der Waals surface area contributed by atoms with Gasteiger partial charge >= 0.3 is 11.9 Å². The van der Waals surface area contributed by atoms with Crippen molar-refractivity contribution in [2.75, 3.05) is 40.1 Å². The number of carbonyl (C=O) groups is 2. The number of methoxy groups -OCH3 is 1. The van der Waals surface area contributed by atoms with Gasteiger partial charge in [-0.15, -0.1) is 0 Å². The lowest BCUT2D eigenvalue weighted by atomic mass is 10.3. The standard InChI is InChI=1S/C16H30O11/c1-3-11(6-17)26-16(8-19)25-10-12(27-15(7-18)23-2)9-24-14(22)5-4-13(20)21/h11-12,15-19H,3-10H2,1-2H3,(H,20,21). The molecule has 4 atom stereocenters. The molecular weight excluding hydrogens is 368 g/mol. The van der Waals surface area contributed by atoms with E-state index in [4.69, 9.17) is 39.0 Å². The summed E-state index contributed by atoms with van der Waals surface area (Å²) in [7, 11) is 1.31. The van der Waals surface area contributed by atoms with Crippen LogP contribution in [0.4, 0.5) is 0 Å². The van der Waals surface area contributed by atoms with Crippen molar-refractivity contribution in [2.45, 2.75) is 51.0 Å². The number of aliphatic hydroxyl groups is 3. The van der Waals surface area contributed by atoms with E-state index in [1.165, 1.54) is 7.11 Å². The van der Waals surface area contributed by atoms with Crippen molar-refractivity contribution in [3.8, 4) is 0 Å². The van der Waals surface area contributed by atoms with E-state index >= 15 is 0 Å². The zero-order valence-corrected chi connectivity index (χ0v) is 15.6. The first-order valence-corrected chi connectivity index (χ1v) is 8.55. The van der Waals surface area contributed by atoms with Crippen LogP contribution in [-0.2, 0) is 33.3 Å². The number of aliphatic hydroxyl groups excluding tert-OH is 3. The van der Waals surface area contributed by atoms with Gasteiger partial charge in [-0.3, -0.25) is 9.59 Å². The molecule has 27 heavy (non-hydrogen) atoms. The Hall–Kier alpha value is -1.34. The normalized spacial score (nSPS) is 15.7. The zero-order valence-electron chi connectivity index (χ0n) is 15.6. The summed E-state index contributed by atoms with van der Waals surface area (Å²) in [6, 6.07) is 0. The number of carbonyl (C=O) groups excluding carboxylic acids is 1. The molecule has 0 radical (unpaired) electrons. The summed E-state index contributed by atoms with van der Waals surface area (Å²) < 4.78 is 26.0. The van der Waals surface area contributed by atoms with Crippen LogP contribution in [-0.4, -0.2) is 97.3 Å². The SMILES string of the molecule is CCC(CO)OC(CO)OCC(COC(=O)CCC(=O)O)OC(CO)OC. The van der Waals surface area contributed by atoms with Gasteiger partial charge in [-0.05, 0) is 6.42 Å². The Balaban J connectivity index is 4.64. The van der Waals surface area contributed by atoms with E-state index in [0.29, 0.717) is 6.42 Å². The molecule has 0 saturated heterocycles. The van der Waals surface area contributed by atoms with Crippen LogP contribution < -0.4 is 0 Å². The second-order valence-electron chi connectivity index (χ2n) is 5.48. The monoisotopic (exact) mass is 398 g/mol. The molecule has 11 heteroatoms. The van der Waals surface area contributed by atoms with Gasteiger partial charge in [0, 0.05) is 7.11 Å². The van der Waals surface area contributed by atoms with E-state index < -0.39 is 49.9 Å². The summed E-state index contributed by atoms with van der Waals surface area (Å²) in [5, 5.41) is 36.2. The number of ether oxygens (including phenoxy) is 5. The maximum atomic E-state index is 11.5. The molecule has 0 heterocycles. The predicted molar refractivity (Wildman–Crippen MR) is 89.7 cm³/mol. The highest BCUT2D eigenvalue weighted by Gasteiger charge is 2.22. The van der Waals surface area contributed by atoms with Crippen LogP contribution in [0.15, 0.2) is 0 Å². The van der Waals surface area contributed by atoms with Gasteiger partial charge in [0.25, 0.3) is 0 Å². The molecule has 0 spiro atoms. The van der Waals surface area contributed by atoms with Gasteiger partial charge in [0.05, 0.1) is 45.4 Å². The Labute approximate surface area is 157 Å². The first-order valence-electron chi connectivity index (χ1n) is 8.55. The van der Waals surface area contributed by atoms with Crippen molar-refractivity contribution in [2.24, 2.45) is 0 Å². The zero-order chi connectivity index (χ0) is 20.7. The third kappa shape index (κ3) is 12.6. The Morgan fingerprint density at radius 2 is 1.52 bits per heavy atom. The van der Waals surface area contributed by atoms with Crippen molar-refractivity contribution in [1.29, 1.82) is 0 Å². The fourth-order valence-electron chi connectivity index (χ4n) is 1.81. The average molecular weight is 398 g/mol. The summed E-state index contributed by atoms with van der Waals surface area (Å²) in [6.45, 7) is 0.153. The van der Waals surface area contributed by atoms with Gasteiger partial charge in [-0.2, -0.15) is 0 Å². The number of aliphatic carboxylic acids is 1. The van der Waals surface area contributed by atoms with Crippen LogP contribution in [0.3, 0.4) is 0 Å². The van der Waals surface area contributed by atoms with Crippen molar-refractivity contribution in [3.63, 3.8) is 0 Å². The second kappa shape index (κ2) is 15.7. The lowest BCUT2D eigenvalue weighted by Gasteiger charge is -2.26. The van der Waals surface area contributed by atoms with Gasteiger partial charge in [-0.25, -0.2) is 0 Å². The summed E-state index contributed by atoms with van der Waals surface area (Å²) in [5.74, 6) is -1.86. The Morgan fingerprint density at radius 1 is 0.889 bits per heavy atom. The highest BCUT2D eigenvalue weighted by Crippen LogP contribution is 2.08. The van der Waals surface area contributed by atoms with Crippen LogP contribution in [0.2, 0.25) is 0 Å². The van der Waals surface area contributed by atoms with Crippen LogP contribution in [0.25, 0.3) is 0 Å². The summed E-state index contributed by atoms with van der Waals surface area (Å²) in [4.78, 5) is 22.0. The largest absolute Gasteiger partial charge is 0.481 e. The molecule has 0 aliphatic heterocycles. The summed E-state index contributed by atoms with van der Waals surface area (Å²) >= 11 is 0. The lowest BCUT2D eigenvalue weighted by Crippen LogP contribution is -2.37. The van der Waals surface area contributed by atoms with Crippen molar-refractivity contribution in [3.05, 3.63) is 0 Å². The van der Waals surface area contributed by atoms with Crippen LogP contribution in [0.1, 0.15) is 26.2 Å². The third-order valence-electron chi connectivity index (χ3n) is 3.35. The minimum atomic E-state index is -1.12. The van der Waals surface area contributed by atoms with Gasteiger partial charge in [-0.1, -0.05) is 6.92 Å². The molecule has 11 nitrogen and oxygen atoms in total. The van der Waals surface area contributed by atoms with E-state index in [1.807, 2.05) is 0 Å². The smallest absolute Gasteiger partial charge is 0.306 e. The highest BCUT2D eigenvalue weighted by molar-refractivity contribution is 5.76. The van der Waals surface area contributed by atoms with Crippen molar-refractivity contribution in [1.82, 2.24) is 0 Å². The maximum absolute atomic E-state index is 11.5. The number of carboxylic acid groups (broad SMARTS) is 1. The van der Waals surface area contributed by atoms with E-state index in [1.54, 1.807) is 6.92 Å². The van der Waals surface area contributed by atoms with Gasteiger partial charge < -0.3 is 44.1 Å². The lowest BCUT2D eigenvalue weighted by molar-refractivity contribution is -0.235. The van der Waals surface area contributed by atoms with Crippen molar-refractivity contribution < 1.29 is 53.7 Å². The number of esters is 1. The topological polar surface area (TPSA) is 161 Å². The Kier molecular flexibility index (Phi) is 14.9.